The van der Waals surface area contributed by atoms with E-state index in [1.54, 1.807) is 30.0 Å². The molecule has 1 N–H and O–H groups in total. The molecule has 0 unspecified atom stereocenters. The number of nitrogens with zero attached hydrogens (tertiary/aromatic N) is 2. The molecular formula is C20H28N2O3S. The Kier molecular flexibility index (Phi) is 6.97. The molecule has 2 aliphatic heterocycles. The van der Waals surface area contributed by atoms with E-state index in [0.717, 1.165) is 37.2 Å². The van der Waals surface area contributed by atoms with Crippen molar-refractivity contribution >= 4 is 23.6 Å². The summed E-state index contributed by atoms with van der Waals surface area (Å²) < 4.78 is 0. The van der Waals surface area contributed by atoms with Crippen LogP contribution in [0.2, 0.25) is 0 Å². The summed E-state index contributed by atoms with van der Waals surface area (Å²) in [5.74, 6) is 1.13. The number of amides is 1. The number of rotatable bonds is 7. The van der Waals surface area contributed by atoms with Crippen LogP contribution in [0.15, 0.2) is 24.3 Å². The normalized spacial score (nSPS) is 21.1. The number of carbonyl (C=O) groups excluding carboxylic acids is 1. The van der Waals surface area contributed by atoms with Crippen LogP contribution < -0.4 is 0 Å². The van der Waals surface area contributed by atoms with Crippen LogP contribution in [0.1, 0.15) is 47.5 Å². The molecule has 2 fully saturated rings. The second-order valence-electron chi connectivity index (χ2n) is 7.21. The van der Waals surface area contributed by atoms with Gasteiger partial charge in [-0.05, 0) is 56.5 Å². The summed E-state index contributed by atoms with van der Waals surface area (Å²) >= 11 is 1.73. The molecule has 2 aliphatic rings. The largest absolute Gasteiger partial charge is 0.478 e. The number of likely N-dealkylation sites (tertiary alicyclic amines) is 2. The van der Waals surface area contributed by atoms with Gasteiger partial charge >= 0.3 is 5.97 Å². The predicted octanol–water partition coefficient (Wildman–Crippen LogP) is 2.92. The minimum Gasteiger partial charge on any atom is -0.478 e. The van der Waals surface area contributed by atoms with Gasteiger partial charge in [0.15, 0.2) is 0 Å². The summed E-state index contributed by atoms with van der Waals surface area (Å²) in [5, 5.41) is 9.18. The highest BCUT2D eigenvalue weighted by molar-refractivity contribution is 7.99. The maximum atomic E-state index is 12.5. The molecule has 1 amide bonds. The van der Waals surface area contributed by atoms with Crippen molar-refractivity contribution in [1.29, 1.82) is 0 Å². The Morgan fingerprint density at radius 3 is 2.73 bits per heavy atom. The van der Waals surface area contributed by atoms with Crippen molar-refractivity contribution < 1.29 is 14.7 Å². The number of piperidine rings is 1. The molecule has 0 radical (unpaired) electrons. The van der Waals surface area contributed by atoms with Gasteiger partial charge in [0.1, 0.15) is 0 Å². The molecule has 26 heavy (non-hydrogen) atoms. The molecule has 2 heterocycles. The third-order valence-electron chi connectivity index (χ3n) is 5.36. The van der Waals surface area contributed by atoms with Crippen LogP contribution in [0.5, 0.6) is 0 Å². The number of carboxylic acid groups (broad SMARTS) is 1. The smallest absolute Gasteiger partial charge is 0.335 e. The minimum absolute atomic E-state index is 0.218. The summed E-state index contributed by atoms with van der Waals surface area (Å²) in [6.07, 6.45) is 4.60. The van der Waals surface area contributed by atoms with Gasteiger partial charge in [-0.1, -0.05) is 12.1 Å². The zero-order valence-electron chi connectivity index (χ0n) is 15.2. The molecule has 0 bridgehead atoms. The first-order valence-corrected chi connectivity index (χ1v) is 10.7. The zero-order chi connectivity index (χ0) is 18.4. The Morgan fingerprint density at radius 2 is 1.96 bits per heavy atom. The highest BCUT2D eigenvalue weighted by atomic mass is 32.2. The van der Waals surface area contributed by atoms with Crippen molar-refractivity contribution in [3.05, 3.63) is 35.4 Å². The van der Waals surface area contributed by atoms with Gasteiger partial charge in [-0.15, -0.1) is 0 Å². The van der Waals surface area contributed by atoms with E-state index in [0.29, 0.717) is 17.9 Å². The molecule has 0 aromatic heterocycles. The molecule has 0 spiro atoms. The van der Waals surface area contributed by atoms with Gasteiger partial charge in [0, 0.05) is 31.3 Å². The fourth-order valence-corrected chi connectivity index (χ4v) is 4.74. The van der Waals surface area contributed by atoms with Gasteiger partial charge in [0.05, 0.1) is 11.3 Å². The number of carboxylic acids is 1. The van der Waals surface area contributed by atoms with Crippen molar-refractivity contribution in [2.75, 3.05) is 44.2 Å². The van der Waals surface area contributed by atoms with Gasteiger partial charge in [-0.3, -0.25) is 4.79 Å². The van der Waals surface area contributed by atoms with Crippen molar-refractivity contribution in [3.63, 3.8) is 0 Å². The van der Waals surface area contributed by atoms with E-state index in [-0.39, 0.29) is 11.8 Å². The monoisotopic (exact) mass is 376 g/mol. The molecule has 0 saturated carbocycles. The molecular weight excluding hydrogens is 348 g/mol. The summed E-state index contributed by atoms with van der Waals surface area (Å²) in [7, 11) is 0. The van der Waals surface area contributed by atoms with Crippen LogP contribution in [0, 0.1) is 0 Å². The Morgan fingerprint density at radius 1 is 1.15 bits per heavy atom. The molecule has 1 atom stereocenters. The second-order valence-corrected chi connectivity index (χ2v) is 8.32. The standard InChI is InChI=1S/C20H28N2O3S/c23-19(15-26-12-11-21-8-1-2-9-21)22-10-4-7-18(14-22)16-5-3-6-17(13-16)20(24)25/h3,5-6,13,18H,1-2,4,7-12,14-15H2,(H,24,25)/t18-/m0/s1. The number of benzene rings is 1. The zero-order valence-corrected chi connectivity index (χ0v) is 16.0. The fraction of sp³-hybridized carbons (Fsp3) is 0.600. The van der Waals surface area contributed by atoms with Gasteiger partial charge in [0.2, 0.25) is 5.91 Å². The molecule has 2 saturated heterocycles. The first-order valence-electron chi connectivity index (χ1n) is 9.54. The lowest BCUT2D eigenvalue weighted by Gasteiger charge is -2.33. The van der Waals surface area contributed by atoms with Gasteiger partial charge in [-0.2, -0.15) is 11.8 Å². The van der Waals surface area contributed by atoms with Crippen molar-refractivity contribution in [2.45, 2.75) is 31.6 Å². The van der Waals surface area contributed by atoms with E-state index < -0.39 is 5.97 Å². The number of aromatic carboxylic acids is 1. The van der Waals surface area contributed by atoms with E-state index in [9.17, 15) is 14.7 Å². The van der Waals surface area contributed by atoms with Crippen LogP contribution in [0.4, 0.5) is 0 Å². The molecule has 1 aromatic rings. The number of carbonyl (C=O) groups is 2. The van der Waals surface area contributed by atoms with E-state index in [1.165, 1.54) is 25.9 Å². The van der Waals surface area contributed by atoms with Gasteiger partial charge in [0.25, 0.3) is 0 Å². The van der Waals surface area contributed by atoms with Crippen LogP contribution in [-0.4, -0.2) is 71.0 Å². The molecule has 1 aromatic carbocycles. The number of hydrogen-bond donors (Lipinski definition) is 1. The fourth-order valence-electron chi connectivity index (χ4n) is 3.85. The maximum Gasteiger partial charge on any atom is 0.335 e. The summed E-state index contributed by atoms with van der Waals surface area (Å²) in [6, 6.07) is 7.16. The molecule has 3 rings (SSSR count). The highest BCUT2D eigenvalue weighted by Gasteiger charge is 2.25. The lowest BCUT2D eigenvalue weighted by molar-refractivity contribution is -0.129. The van der Waals surface area contributed by atoms with E-state index in [2.05, 4.69) is 4.90 Å². The van der Waals surface area contributed by atoms with Crippen LogP contribution in [-0.2, 0) is 4.79 Å². The van der Waals surface area contributed by atoms with E-state index >= 15 is 0 Å². The average molecular weight is 377 g/mol. The predicted molar refractivity (Wildman–Crippen MR) is 105 cm³/mol. The number of thioether (sulfide) groups is 1. The average Bonchev–Trinajstić information content (AvgIpc) is 3.19. The molecule has 142 valence electrons. The van der Waals surface area contributed by atoms with Crippen LogP contribution in [0.3, 0.4) is 0 Å². The third kappa shape index (κ3) is 5.24. The first-order chi connectivity index (χ1) is 12.6. The lowest BCUT2D eigenvalue weighted by Crippen LogP contribution is -2.40. The van der Waals surface area contributed by atoms with E-state index in [1.807, 2.05) is 11.0 Å². The Hall–Kier alpha value is -1.53. The quantitative estimate of drug-likeness (QED) is 0.742. The van der Waals surface area contributed by atoms with Crippen molar-refractivity contribution in [3.8, 4) is 0 Å². The Labute approximate surface area is 159 Å². The van der Waals surface area contributed by atoms with Crippen molar-refractivity contribution in [2.24, 2.45) is 0 Å². The van der Waals surface area contributed by atoms with E-state index in [4.69, 9.17) is 0 Å². The number of hydrogen-bond acceptors (Lipinski definition) is 4. The van der Waals surface area contributed by atoms with Crippen molar-refractivity contribution in [1.82, 2.24) is 9.80 Å². The topological polar surface area (TPSA) is 60.9 Å². The first kappa shape index (κ1) is 19.2. The van der Waals surface area contributed by atoms with Gasteiger partial charge in [-0.25, -0.2) is 4.79 Å². The molecule has 5 nitrogen and oxygen atoms in total. The lowest BCUT2D eigenvalue weighted by atomic mass is 9.89. The molecule has 0 aliphatic carbocycles. The SMILES string of the molecule is O=C(O)c1cccc([C@H]2CCCN(C(=O)CSCCN3CCCC3)C2)c1. The summed E-state index contributed by atoms with van der Waals surface area (Å²) in [4.78, 5) is 28.2. The molecule has 6 heteroatoms. The minimum atomic E-state index is -0.898. The summed E-state index contributed by atoms with van der Waals surface area (Å²) in [6.45, 7) is 5.02. The maximum absolute atomic E-state index is 12.5. The van der Waals surface area contributed by atoms with Crippen LogP contribution in [0.25, 0.3) is 0 Å². The Bertz CT molecular complexity index is 631. The van der Waals surface area contributed by atoms with Crippen LogP contribution >= 0.6 is 11.8 Å². The highest BCUT2D eigenvalue weighted by Crippen LogP contribution is 2.28. The third-order valence-corrected chi connectivity index (χ3v) is 6.28. The Balaban J connectivity index is 1.47. The summed E-state index contributed by atoms with van der Waals surface area (Å²) in [5.41, 5.74) is 1.35. The van der Waals surface area contributed by atoms with Gasteiger partial charge < -0.3 is 14.9 Å². The second kappa shape index (κ2) is 9.42.